The summed E-state index contributed by atoms with van der Waals surface area (Å²) in [4.78, 5) is 14.1. The molecule has 0 unspecified atom stereocenters. The molecule has 0 fully saturated rings. The fourth-order valence-corrected chi connectivity index (χ4v) is 3.86. The Labute approximate surface area is 193 Å². The summed E-state index contributed by atoms with van der Waals surface area (Å²) in [6, 6.07) is 23.0. The number of carbonyl (C=O) groups is 1. The van der Waals surface area contributed by atoms with Crippen LogP contribution < -0.4 is 0 Å². The van der Waals surface area contributed by atoms with Gasteiger partial charge in [0.1, 0.15) is 6.61 Å². The van der Waals surface area contributed by atoms with E-state index in [9.17, 15) is 4.79 Å². The number of benzene rings is 2. The van der Waals surface area contributed by atoms with Gasteiger partial charge in [-0.15, -0.1) is 16.4 Å². The Morgan fingerprint density at radius 2 is 1.79 bits per heavy atom. The van der Waals surface area contributed by atoms with Gasteiger partial charge in [0.15, 0.2) is 11.5 Å². The summed E-state index contributed by atoms with van der Waals surface area (Å²) in [5.41, 5.74) is 2.70. The van der Waals surface area contributed by atoms with Crippen molar-refractivity contribution in [3.63, 3.8) is 0 Å². The van der Waals surface area contributed by atoms with Crippen molar-refractivity contribution in [2.45, 2.75) is 6.61 Å². The van der Waals surface area contributed by atoms with Crippen molar-refractivity contribution in [2.75, 3.05) is 0 Å². The molecule has 0 N–H and O–H groups in total. The van der Waals surface area contributed by atoms with E-state index < -0.39 is 5.97 Å². The molecule has 2 aromatic carbocycles. The molecule has 0 aliphatic carbocycles. The van der Waals surface area contributed by atoms with E-state index >= 15 is 0 Å². The summed E-state index contributed by atoms with van der Waals surface area (Å²) >= 11 is 1.50. The molecule has 5 rings (SSSR count). The van der Waals surface area contributed by atoms with Crippen LogP contribution in [0.4, 0.5) is 0 Å². The van der Waals surface area contributed by atoms with Gasteiger partial charge in [0.05, 0.1) is 11.9 Å². The van der Waals surface area contributed by atoms with E-state index in [2.05, 4.69) is 20.6 Å². The number of nitrogens with zero attached hydrogens (tertiary/aromatic N) is 6. The highest BCUT2D eigenvalue weighted by molar-refractivity contribution is 7.10. The van der Waals surface area contributed by atoms with Crippen molar-refractivity contribution in [1.29, 1.82) is 0 Å². The molecule has 3 heterocycles. The summed E-state index contributed by atoms with van der Waals surface area (Å²) < 4.78 is 8.77. The van der Waals surface area contributed by atoms with E-state index in [1.165, 1.54) is 16.0 Å². The van der Waals surface area contributed by atoms with Crippen LogP contribution in [0.15, 0.2) is 90.6 Å². The van der Waals surface area contributed by atoms with Crippen molar-refractivity contribution in [3.05, 3.63) is 101 Å². The van der Waals surface area contributed by atoms with Gasteiger partial charge < -0.3 is 4.74 Å². The van der Waals surface area contributed by atoms with Crippen molar-refractivity contribution < 1.29 is 9.53 Å². The minimum Gasteiger partial charge on any atom is -0.456 e. The largest absolute Gasteiger partial charge is 0.456 e. The first-order valence-electron chi connectivity index (χ1n) is 10.1. The monoisotopic (exact) mass is 454 g/mol. The van der Waals surface area contributed by atoms with Crippen LogP contribution >= 0.6 is 11.3 Å². The highest BCUT2D eigenvalue weighted by Crippen LogP contribution is 2.23. The molecule has 162 valence electrons. The minimum atomic E-state index is -0.541. The number of para-hydroxylation sites is 1. The molecule has 0 atom stereocenters. The molecule has 0 amide bonds. The molecule has 0 aliphatic heterocycles. The fraction of sp³-hybridized carbons (Fsp3) is 0.0417. The van der Waals surface area contributed by atoms with E-state index in [-0.39, 0.29) is 12.3 Å². The third kappa shape index (κ3) is 4.63. The molecular formula is C24H18N6O2S. The quantitative estimate of drug-likeness (QED) is 0.269. The maximum Gasteiger partial charge on any atom is 0.357 e. The Balaban J connectivity index is 1.40. The summed E-state index contributed by atoms with van der Waals surface area (Å²) in [5.74, 6) is -0.0902. The molecular weight excluding hydrogens is 436 g/mol. The van der Waals surface area contributed by atoms with Crippen LogP contribution in [0.25, 0.3) is 28.8 Å². The number of thiophene rings is 1. The lowest BCUT2D eigenvalue weighted by Crippen LogP contribution is -2.14. The summed E-state index contributed by atoms with van der Waals surface area (Å²) in [7, 11) is 0. The number of carbonyl (C=O) groups excluding carboxylic acids is 1. The minimum absolute atomic E-state index is 0.0657. The Hall–Kier alpha value is -4.37. The molecule has 8 nitrogen and oxygen atoms in total. The zero-order valence-electron chi connectivity index (χ0n) is 17.4. The SMILES string of the molecule is O=C(OCc1cnn(-c2ccccc2)c1)/C(=C/c1cccs1)n1nnnc1-c1ccccc1. The van der Waals surface area contributed by atoms with Crippen LogP contribution in [0.2, 0.25) is 0 Å². The average molecular weight is 455 g/mol. The van der Waals surface area contributed by atoms with E-state index in [0.717, 1.165) is 21.7 Å². The second-order valence-electron chi connectivity index (χ2n) is 7.03. The summed E-state index contributed by atoms with van der Waals surface area (Å²) in [5, 5.41) is 18.3. The van der Waals surface area contributed by atoms with Crippen LogP contribution in [-0.4, -0.2) is 36.0 Å². The molecule has 5 aromatic rings. The highest BCUT2D eigenvalue weighted by Gasteiger charge is 2.21. The van der Waals surface area contributed by atoms with Gasteiger partial charge in [-0.25, -0.2) is 9.48 Å². The van der Waals surface area contributed by atoms with Gasteiger partial charge in [-0.3, -0.25) is 0 Å². The number of esters is 1. The van der Waals surface area contributed by atoms with Crippen LogP contribution in [0.5, 0.6) is 0 Å². The second kappa shape index (κ2) is 9.41. The summed E-state index contributed by atoms with van der Waals surface area (Å²) in [6.45, 7) is 0.0657. The number of tetrazole rings is 1. The fourth-order valence-electron chi connectivity index (χ4n) is 3.21. The van der Waals surface area contributed by atoms with Crippen LogP contribution in [-0.2, 0) is 16.1 Å². The standard InChI is InChI=1S/C24H18N6O2S/c31-24(32-17-18-15-25-29(16-18)20-10-5-2-6-11-20)22(14-21-12-7-13-33-21)30-23(26-27-28-30)19-8-3-1-4-9-19/h1-16H,17H2/b22-14-. The zero-order valence-corrected chi connectivity index (χ0v) is 18.2. The molecule has 0 bridgehead atoms. The van der Waals surface area contributed by atoms with Crippen LogP contribution in [0.1, 0.15) is 10.4 Å². The zero-order chi connectivity index (χ0) is 22.5. The third-order valence-electron chi connectivity index (χ3n) is 4.79. The number of ether oxygens (including phenoxy) is 1. The smallest absolute Gasteiger partial charge is 0.357 e. The maximum absolute atomic E-state index is 13.2. The van der Waals surface area contributed by atoms with Crippen molar-refractivity contribution in [2.24, 2.45) is 0 Å². The van der Waals surface area contributed by atoms with Gasteiger partial charge in [0.2, 0.25) is 0 Å². The Bertz CT molecular complexity index is 1370. The van der Waals surface area contributed by atoms with E-state index in [1.54, 1.807) is 17.0 Å². The highest BCUT2D eigenvalue weighted by atomic mass is 32.1. The van der Waals surface area contributed by atoms with Crippen molar-refractivity contribution in [1.82, 2.24) is 30.0 Å². The van der Waals surface area contributed by atoms with Gasteiger partial charge >= 0.3 is 5.97 Å². The number of hydrogen-bond acceptors (Lipinski definition) is 7. The van der Waals surface area contributed by atoms with Crippen molar-refractivity contribution >= 4 is 29.1 Å². The van der Waals surface area contributed by atoms with Crippen LogP contribution in [0, 0.1) is 0 Å². The van der Waals surface area contributed by atoms with E-state index in [4.69, 9.17) is 4.74 Å². The second-order valence-corrected chi connectivity index (χ2v) is 8.01. The van der Waals surface area contributed by atoms with Gasteiger partial charge in [-0.05, 0) is 40.1 Å². The van der Waals surface area contributed by atoms with Crippen LogP contribution in [0.3, 0.4) is 0 Å². The first-order chi connectivity index (χ1) is 16.3. The maximum atomic E-state index is 13.2. The molecule has 9 heteroatoms. The topological polar surface area (TPSA) is 87.7 Å². The molecule has 0 saturated carbocycles. The lowest BCUT2D eigenvalue weighted by molar-refractivity contribution is -0.138. The number of rotatable bonds is 7. The van der Waals surface area contributed by atoms with Gasteiger partial charge in [-0.1, -0.05) is 54.6 Å². The Morgan fingerprint density at radius 3 is 2.55 bits per heavy atom. The lowest BCUT2D eigenvalue weighted by atomic mass is 10.2. The van der Waals surface area contributed by atoms with Gasteiger partial charge in [0.25, 0.3) is 0 Å². The van der Waals surface area contributed by atoms with Gasteiger partial charge in [-0.2, -0.15) is 9.78 Å². The van der Waals surface area contributed by atoms with Gasteiger partial charge in [0, 0.05) is 22.2 Å². The average Bonchev–Trinajstić information content (AvgIpc) is 3.64. The first kappa shape index (κ1) is 20.5. The summed E-state index contributed by atoms with van der Waals surface area (Å²) in [6.07, 6.45) is 5.23. The number of aromatic nitrogens is 6. The predicted octanol–water partition coefficient (Wildman–Crippen LogP) is 4.33. The molecule has 0 radical (unpaired) electrons. The molecule has 3 aromatic heterocycles. The van der Waals surface area contributed by atoms with E-state index in [0.29, 0.717) is 5.82 Å². The number of hydrogen-bond donors (Lipinski definition) is 0. The molecule has 0 spiro atoms. The molecule has 33 heavy (non-hydrogen) atoms. The Kier molecular flexibility index (Phi) is 5.85. The third-order valence-corrected chi connectivity index (χ3v) is 5.61. The lowest BCUT2D eigenvalue weighted by Gasteiger charge is -2.09. The van der Waals surface area contributed by atoms with E-state index in [1.807, 2.05) is 84.4 Å². The normalized spacial score (nSPS) is 11.5. The Morgan fingerprint density at radius 1 is 1.00 bits per heavy atom. The first-order valence-corrected chi connectivity index (χ1v) is 11.0. The molecule has 0 aliphatic rings. The predicted molar refractivity (Wildman–Crippen MR) is 125 cm³/mol. The molecule has 0 saturated heterocycles. The van der Waals surface area contributed by atoms with Crippen molar-refractivity contribution in [3.8, 4) is 17.1 Å².